The summed E-state index contributed by atoms with van der Waals surface area (Å²) < 4.78 is 6.32. The van der Waals surface area contributed by atoms with Gasteiger partial charge in [0.15, 0.2) is 4.67 Å². The second kappa shape index (κ2) is 4.73. The Morgan fingerprint density at radius 1 is 1.64 bits per heavy atom. The summed E-state index contributed by atoms with van der Waals surface area (Å²) in [5.41, 5.74) is 0. The Hall–Kier alpha value is 0.0700. The first-order chi connectivity index (χ1) is 6.74. The highest BCUT2D eigenvalue weighted by Crippen LogP contribution is 2.21. The van der Waals surface area contributed by atoms with Gasteiger partial charge in [0.1, 0.15) is 5.76 Å². The number of hydrogen-bond acceptors (Lipinski definition) is 3. The fourth-order valence-electron chi connectivity index (χ4n) is 1.69. The van der Waals surface area contributed by atoms with Crippen LogP contribution in [0.5, 0.6) is 0 Å². The molecule has 1 aromatic rings. The van der Waals surface area contributed by atoms with Crippen LogP contribution in [0.1, 0.15) is 12.7 Å². The Labute approximate surface area is 97.2 Å². The van der Waals surface area contributed by atoms with Gasteiger partial charge in [-0.3, -0.25) is 4.90 Å². The summed E-state index contributed by atoms with van der Waals surface area (Å²) in [5, 5.41) is 0.752. The van der Waals surface area contributed by atoms with Crippen LogP contribution < -0.4 is 0 Å². The number of thioether (sulfide) groups is 1. The molecule has 0 N–H and O–H groups in total. The second-order valence-electron chi connectivity index (χ2n) is 3.62. The molecule has 1 atom stereocenters. The highest BCUT2D eigenvalue weighted by atomic mass is 79.9. The minimum Gasteiger partial charge on any atom is -0.453 e. The Balaban J connectivity index is 1.90. The fourth-order valence-corrected chi connectivity index (χ4v) is 3.11. The molecule has 4 heteroatoms. The zero-order valence-corrected chi connectivity index (χ0v) is 10.6. The maximum atomic E-state index is 5.49. The van der Waals surface area contributed by atoms with E-state index in [0.29, 0.717) is 0 Å². The third kappa shape index (κ3) is 2.78. The van der Waals surface area contributed by atoms with E-state index in [1.165, 1.54) is 18.8 Å². The number of furan rings is 1. The molecule has 1 unspecified atom stereocenters. The molecule has 2 heterocycles. The van der Waals surface area contributed by atoms with Gasteiger partial charge in [-0.25, -0.2) is 0 Å². The van der Waals surface area contributed by atoms with Gasteiger partial charge in [-0.2, -0.15) is 11.8 Å². The molecule has 1 aliphatic heterocycles. The largest absolute Gasteiger partial charge is 0.453 e. The van der Waals surface area contributed by atoms with Crippen molar-refractivity contribution in [2.75, 3.05) is 18.8 Å². The Bertz CT molecular complexity index is 302. The quantitative estimate of drug-likeness (QED) is 0.826. The molecule has 0 spiro atoms. The molecule has 1 aliphatic rings. The second-order valence-corrected chi connectivity index (χ2v) is 5.95. The molecule has 1 fully saturated rings. The molecule has 0 aromatic carbocycles. The van der Waals surface area contributed by atoms with E-state index in [2.05, 4.69) is 39.5 Å². The zero-order chi connectivity index (χ0) is 9.97. The Morgan fingerprint density at radius 2 is 2.50 bits per heavy atom. The van der Waals surface area contributed by atoms with E-state index in [1.54, 1.807) is 0 Å². The summed E-state index contributed by atoms with van der Waals surface area (Å²) in [4.78, 5) is 2.45. The summed E-state index contributed by atoms with van der Waals surface area (Å²) in [6.45, 7) is 5.57. The first-order valence-electron chi connectivity index (χ1n) is 4.82. The van der Waals surface area contributed by atoms with E-state index in [4.69, 9.17) is 4.42 Å². The summed E-state index contributed by atoms with van der Waals surface area (Å²) in [7, 11) is 0. The predicted octanol–water partition coefficient (Wildman–Crippen LogP) is 2.98. The van der Waals surface area contributed by atoms with E-state index in [1.807, 2.05) is 12.1 Å². The first kappa shape index (κ1) is 10.6. The fraction of sp³-hybridized carbons (Fsp3) is 0.600. The third-order valence-corrected chi connectivity index (χ3v) is 3.90. The van der Waals surface area contributed by atoms with Crippen LogP contribution in [-0.4, -0.2) is 29.0 Å². The standard InChI is InChI=1S/C10H14BrNOS/c1-8-6-12(4-5-14-8)7-9-2-3-10(11)13-9/h2-3,8H,4-7H2,1H3. The maximum absolute atomic E-state index is 5.49. The summed E-state index contributed by atoms with van der Waals surface area (Å²) >= 11 is 5.38. The molecule has 1 aromatic heterocycles. The van der Waals surface area contributed by atoms with Crippen molar-refractivity contribution in [3.05, 3.63) is 22.6 Å². The van der Waals surface area contributed by atoms with Gasteiger partial charge in [-0.15, -0.1) is 0 Å². The van der Waals surface area contributed by atoms with Crippen LogP contribution in [0, 0.1) is 0 Å². The van der Waals surface area contributed by atoms with E-state index >= 15 is 0 Å². The van der Waals surface area contributed by atoms with Gasteiger partial charge in [0.05, 0.1) is 6.54 Å². The van der Waals surface area contributed by atoms with Crippen molar-refractivity contribution < 1.29 is 4.42 Å². The van der Waals surface area contributed by atoms with Gasteiger partial charge >= 0.3 is 0 Å². The molecule has 0 aliphatic carbocycles. The summed E-state index contributed by atoms with van der Waals surface area (Å²) in [6.07, 6.45) is 0. The lowest BCUT2D eigenvalue weighted by molar-refractivity contribution is 0.253. The van der Waals surface area contributed by atoms with Gasteiger partial charge < -0.3 is 4.42 Å². The SMILES string of the molecule is CC1CN(Cc2ccc(Br)o2)CCS1. The van der Waals surface area contributed by atoms with E-state index in [9.17, 15) is 0 Å². The maximum Gasteiger partial charge on any atom is 0.169 e. The number of nitrogens with zero attached hydrogens (tertiary/aromatic N) is 1. The molecule has 78 valence electrons. The number of hydrogen-bond donors (Lipinski definition) is 0. The molecule has 0 bridgehead atoms. The van der Waals surface area contributed by atoms with Crippen molar-refractivity contribution in [3.63, 3.8) is 0 Å². The van der Waals surface area contributed by atoms with Gasteiger partial charge in [0.2, 0.25) is 0 Å². The Morgan fingerprint density at radius 3 is 3.14 bits per heavy atom. The summed E-state index contributed by atoms with van der Waals surface area (Å²) in [5.74, 6) is 2.29. The highest BCUT2D eigenvalue weighted by Gasteiger charge is 2.17. The van der Waals surface area contributed by atoms with Crippen molar-refractivity contribution >= 4 is 27.7 Å². The molecule has 0 radical (unpaired) electrons. The molecule has 0 saturated carbocycles. The monoisotopic (exact) mass is 275 g/mol. The van der Waals surface area contributed by atoms with Crippen molar-refractivity contribution in [3.8, 4) is 0 Å². The number of rotatable bonds is 2. The zero-order valence-electron chi connectivity index (χ0n) is 8.20. The molecule has 2 nitrogen and oxygen atoms in total. The van der Waals surface area contributed by atoms with E-state index in [0.717, 1.165) is 22.2 Å². The van der Waals surface area contributed by atoms with Gasteiger partial charge in [-0.1, -0.05) is 6.92 Å². The summed E-state index contributed by atoms with van der Waals surface area (Å²) in [6, 6.07) is 3.99. The predicted molar refractivity (Wildman–Crippen MR) is 63.6 cm³/mol. The van der Waals surface area contributed by atoms with Crippen LogP contribution in [0.3, 0.4) is 0 Å². The molecule has 14 heavy (non-hydrogen) atoms. The minimum atomic E-state index is 0.752. The normalized spacial score (nSPS) is 24.0. The average molecular weight is 276 g/mol. The van der Waals surface area contributed by atoms with E-state index in [-0.39, 0.29) is 0 Å². The van der Waals surface area contributed by atoms with Crippen LogP contribution in [0.2, 0.25) is 0 Å². The highest BCUT2D eigenvalue weighted by molar-refractivity contribution is 9.10. The molecule has 2 rings (SSSR count). The lowest BCUT2D eigenvalue weighted by Crippen LogP contribution is -2.35. The van der Waals surface area contributed by atoms with Gasteiger partial charge in [0, 0.05) is 24.1 Å². The first-order valence-corrected chi connectivity index (χ1v) is 6.66. The van der Waals surface area contributed by atoms with Crippen molar-refractivity contribution in [1.29, 1.82) is 0 Å². The lowest BCUT2D eigenvalue weighted by Gasteiger charge is -2.29. The topological polar surface area (TPSA) is 16.4 Å². The molecule has 0 amide bonds. The van der Waals surface area contributed by atoms with Crippen LogP contribution in [-0.2, 0) is 6.54 Å². The minimum absolute atomic E-state index is 0.752. The van der Waals surface area contributed by atoms with Gasteiger partial charge in [-0.05, 0) is 28.1 Å². The molecular formula is C10H14BrNOS. The Kier molecular flexibility index (Phi) is 3.57. The van der Waals surface area contributed by atoms with Crippen LogP contribution in [0.25, 0.3) is 0 Å². The molecule has 1 saturated heterocycles. The van der Waals surface area contributed by atoms with Crippen LogP contribution >= 0.6 is 27.7 Å². The molecular weight excluding hydrogens is 262 g/mol. The van der Waals surface area contributed by atoms with Crippen molar-refractivity contribution in [1.82, 2.24) is 4.90 Å². The lowest BCUT2D eigenvalue weighted by atomic mass is 10.3. The smallest absolute Gasteiger partial charge is 0.169 e. The van der Waals surface area contributed by atoms with Gasteiger partial charge in [0.25, 0.3) is 0 Å². The van der Waals surface area contributed by atoms with E-state index < -0.39 is 0 Å². The van der Waals surface area contributed by atoms with Crippen molar-refractivity contribution in [2.24, 2.45) is 0 Å². The van der Waals surface area contributed by atoms with Crippen LogP contribution in [0.4, 0.5) is 0 Å². The third-order valence-electron chi connectivity index (χ3n) is 2.33. The average Bonchev–Trinajstić information content (AvgIpc) is 2.51. The van der Waals surface area contributed by atoms with Crippen molar-refractivity contribution in [2.45, 2.75) is 18.7 Å². The van der Waals surface area contributed by atoms with Crippen LogP contribution in [0.15, 0.2) is 21.2 Å². The number of halogens is 1.